The highest BCUT2D eigenvalue weighted by Crippen LogP contribution is 2.27. The molecule has 0 aliphatic carbocycles. The molecule has 0 radical (unpaired) electrons. The summed E-state index contributed by atoms with van der Waals surface area (Å²) in [6.45, 7) is 10.5. The number of allylic oxidation sites excluding steroid dienone is 4. The van der Waals surface area contributed by atoms with E-state index >= 15 is 0 Å². The second-order valence-corrected chi connectivity index (χ2v) is 9.32. The molecule has 1 atom stereocenters. The van der Waals surface area contributed by atoms with Crippen molar-refractivity contribution in [3.05, 3.63) is 70.9 Å². The zero-order valence-electron chi connectivity index (χ0n) is 20.7. The predicted molar refractivity (Wildman–Crippen MR) is 144 cm³/mol. The van der Waals surface area contributed by atoms with E-state index in [2.05, 4.69) is 21.5 Å². The summed E-state index contributed by atoms with van der Waals surface area (Å²) in [5, 5.41) is 0.609. The summed E-state index contributed by atoms with van der Waals surface area (Å²) in [4.78, 5) is 26.7. The second-order valence-electron chi connectivity index (χ2n) is 8.88. The molecular weight excluding hydrogens is 478 g/mol. The third-order valence-corrected chi connectivity index (χ3v) is 6.56. The first-order chi connectivity index (χ1) is 17.4. The number of aromatic nitrogens is 1. The lowest BCUT2D eigenvalue weighted by atomic mass is 10.0. The molecular formula is C27H32ClN5O3. The van der Waals surface area contributed by atoms with Crippen LogP contribution in [0.5, 0.6) is 0 Å². The number of oxazole rings is 1. The van der Waals surface area contributed by atoms with Crippen molar-refractivity contribution in [1.29, 1.82) is 0 Å². The van der Waals surface area contributed by atoms with E-state index in [1.54, 1.807) is 18.2 Å². The average molecular weight is 510 g/mol. The number of nitrogens with zero attached hydrogens (tertiary/aromatic N) is 4. The summed E-state index contributed by atoms with van der Waals surface area (Å²) in [6, 6.07) is 5.87. The molecule has 190 valence electrons. The number of carbonyl (C=O) groups excluding carboxylic acids is 1. The van der Waals surface area contributed by atoms with E-state index in [0.717, 1.165) is 18.4 Å². The molecule has 2 aliphatic heterocycles. The highest BCUT2D eigenvalue weighted by molar-refractivity contribution is 6.31. The lowest BCUT2D eigenvalue weighted by molar-refractivity contribution is -0.128. The minimum atomic E-state index is -0.235. The SMILES string of the molecule is C=C\C=C/C=C(C)/C(C1=NCCCO1)=C(/N)C(=O)N1CCN(c2nc3cc(Cl)ccc3o2)CC[C@H]1C. The Bertz CT molecular complexity index is 1260. The van der Waals surface area contributed by atoms with E-state index in [1.165, 1.54) is 0 Å². The van der Waals surface area contributed by atoms with Crippen LogP contribution >= 0.6 is 11.6 Å². The molecule has 9 heteroatoms. The minimum Gasteiger partial charge on any atom is -0.477 e. The van der Waals surface area contributed by atoms with E-state index in [1.807, 2.05) is 43.0 Å². The van der Waals surface area contributed by atoms with E-state index in [4.69, 9.17) is 26.5 Å². The molecule has 0 spiro atoms. The lowest BCUT2D eigenvalue weighted by Crippen LogP contribution is -2.43. The molecule has 8 nitrogen and oxygen atoms in total. The number of hydrogen-bond acceptors (Lipinski definition) is 7. The van der Waals surface area contributed by atoms with Crippen LogP contribution in [0.25, 0.3) is 11.1 Å². The number of fused-ring (bicyclic) bond motifs is 1. The largest absolute Gasteiger partial charge is 0.477 e. The van der Waals surface area contributed by atoms with Gasteiger partial charge in [0.15, 0.2) is 5.58 Å². The molecule has 2 aliphatic rings. The van der Waals surface area contributed by atoms with Crippen LogP contribution in [0.15, 0.2) is 75.3 Å². The van der Waals surface area contributed by atoms with Crippen molar-refractivity contribution in [2.24, 2.45) is 10.7 Å². The number of nitrogens with two attached hydrogens (primary N) is 1. The number of carbonyl (C=O) groups is 1. The smallest absolute Gasteiger partial charge is 0.298 e. The van der Waals surface area contributed by atoms with Crippen LogP contribution in [-0.4, -0.2) is 60.5 Å². The van der Waals surface area contributed by atoms with Crippen molar-refractivity contribution in [2.75, 3.05) is 37.7 Å². The summed E-state index contributed by atoms with van der Waals surface area (Å²) >= 11 is 6.10. The van der Waals surface area contributed by atoms with Gasteiger partial charge >= 0.3 is 0 Å². The highest BCUT2D eigenvalue weighted by atomic mass is 35.5. The van der Waals surface area contributed by atoms with E-state index in [9.17, 15) is 4.79 Å². The number of ether oxygens (including phenoxy) is 1. The molecule has 1 amide bonds. The zero-order valence-corrected chi connectivity index (χ0v) is 21.5. The average Bonchev–Trinajstić information content (AvgIpc) is 3.19. The van der Waals surface area contributed by atoms with Gasteiger partial charge in [-0.05, 0) is 44.0 Å². The van der Waals surface area contributed by atoms with Crippen LogP contribution in [0.3, 0.4) is 0 Å². The Balaban J connectivity index is 1.59. The quantitative estimate of drug-likeness (QED) is 0.450. The molecule has 1 aromatic carbocycles. The van der Waals surface area contributed by atoms with Gasteiger partial charge in [-0.25, -0.2) is 0 Å². The summed E-state index contributed by atoms with van der Waals surface area (Å²) in [5.74, 6) is 0.183. The Morgan fingerprint density at radius 2 is 2.11 bits per heavy atom. The molecule has 4 rings (SSSR count). The van der Waals surface area contributed by atoms with Crippen molar-refractivity contribution >= 4 is 40.5 Å². The summed E-state index contributed by atoms with van der Waals surface area (Å²) in [7, 11) is 0. The van der Waals surface area contributed by atoms with Crippen molar-refractivity contribution in [3.8, 4) is 0 Å². The normalized spacial score (nSPS) is 20.1. The van der Waals surface area contributed by atoms with Gasteiger partial charge in [0.25, 0.3) is 11.9 Å². The first-order valence-electron chi connectivity index (χ1n) is 12.1. The first-order valence-corrected chi connectivity index (χ1v) is 12.5. The van der Waals surface area contributed by atoms with Crippen molar-refractivity contribution in [1.82, 2.24) is 9.88 Å². The maximum Gasteiger partial charge on any atom is 0.298 e. The van der Waals surface area contributed by atoms with Gasteiger partial charge in [-0.3, -0.25) is 9.79 Å². The molecule has 2 N–H and O–H groups in total. The molecule has 3 heterocycles. The fraction of sp³-hybridized carbons (Fsp3) is 0.370. The summed E-state index contributed by atoms with van der Waals surface area (Å²) in [6.07, 6.45) is 8.81. The van der Waals surface area contributed by atoms with Gasteiger partial charge in [0.05, 0.1) is 12.2 Å². The van der Waals surface area contributed by atoms with Crippen LogP contribution < -0.4 is 10.6 Å². The summed E-state index contributed by atoms with van der Waals surface area (Å²) in [5.41, 5.74) is 9.40. The highest BCUT2D eigenvalue weighted by Gasteiger charge is 2.30. The number of rotatable bonds is 6. The molecule has 0 bridgehead atoms. The molecule has 1 fully saturated rings. The topological polar surface area (TPSA) is 97.2 Å². The van der Waals surface area contributed by atoms with Crippen LogP contribution in [0.1, 0.15) is 26.7 Å². The Morgan fingerprint density at radius 1 is 1.28 bits per heavy atom. The zero-order chi connectivity index (χ0) is 25.7. The van der Waals surface area contributed by atoms with Crippen molar-refractivity contribution < 1.29 is 13.9 Å². The van der Waals surface area contributed by atoms with Gasteiger partial charge in [0, 0.05) is 43.7 Å². The molecule has 0 unspecified atom stereocenters. The Hall–Kier alpha value is -3.52. The number of amides is 1. The third-order valence-electron chi connectivity index (χ3n) is 6.33. The van der Waals surface area contributed by atoms with Gasteiger partial charge in [0.2, 0.25) is 5.90 Å². The van der Waals surface area contributed by atoms with E-state index in [-0.39, 0.29) is 17.6 Å². The number of halogens is 1. The molecule has 36 heavy (non-hydrogen) atoms. The number of benzene rings is 1. The number of aliphatic imine (C=N–C) groups is 1. The second kappa shape index (κ2) is 11.5. The van der Waals surface area contributed by atoms with Gasteiger partial charge in [-0.2, -0.15) is 4.98 Å². The van der Waals surface area contributed by atoms with Crippen LogP contribution in [0, 0.1) is 0 Å². The first kappa shape index (κ1) is 25.6. The molecule has 1 aromatic heterocycles. The molecule has 1 saturated heterocycles. The van der Waals surface area contributed by atoms with Crippen LogP contribution in [0.4, 0.5) is 6.01 Å². The molecule has 2 aromatic rings. The van der Waals surface area contributed by atoms with Crippen molar-refractivity contribution in [2.45, 2.75) is 32.7 Å². The van der Waals surface area contributed by atoms with E-state index in [0.29, 0.717) is 66.4 Å². The Labute approximate surface area is 216 Å². The lowest BCUT2D eigenvalue weighted by Gasteiger charge is -2.28. The third kappa shape index (κ3) is 5.65. The van der Waals surface area contributed by atoms with Gasteiger partial charge in [0.1, 0.15) is 11.2 Å². The monoisotopic (exact) mass is 509 g/mol. The Kier molecular flexibility index (Phi) is 8.15. The van der Waals surface area contributed by atoms with Crippen molar-refractivity contribution in [3.63, 3.8) is 0 Å². The van der Waals surface area contributed by atoms with Crippen LogP contribution in [0.2, 0.25) is 5.02 Å². The van der Waals surface area contributed by atoms with Gasteiger partial charge < -0.3 is 24.7 Å². The Morgan fingerprint density at radius 3 is 2.86 bits per heavy atom. The van der Waals surface area contributed by atoms with Gasteiger partial charge in [-0.1, -0.05) is 42.5 Å². The van der Waals surface area contributed by atoms with Gasteiger partial charge in [-0.15, -0.1) is 0 Å². The minimum absolute atomic E-state index is 0.0275. The predicted octanol–water partition coefficient (Wildman–Crippen LogP) is 4.63. The fourth-order valence-electron chi connectivity index (χ4n) is 4.31. The summed E-state index contributed by atoms with van der Waals surface area (Å²) < 4.78 is 11.8. The standard InChI is InChI=1S/C27H32ClN5O3/c1-4-5-6-8-18(2)23(25-30-12-7-16-35-25)24(29)26(34)33-15-14-32(13-11-19(33)3)27-31-21-17-20(28)9-10-22(21)36-27/h4-6,8-10,17,19H,1,7,11-16,29H2,2-3H3/b6-5-,18-8+,24-23-/t19-/m1/s1. The maximum absolute atomic E-state index is 13.7. The fourth-order valence-corrected chi connectivity index (χ4v) is 4.47. The molecule has 0 saturated carbocycles. The van der Waals surface area contributed by atoms with E-state index < -0.39 is 0 Å². The van der Waals surface area contributed by atoms with Crippen LogP contribution in [-0.2, 0) is 9.53 Å². The maximum atomic E-state index is 13.7. The number of anilines is 1. The number of hydrogen-bond donors (Lipinski definition) is 1.